The third kappa shape index (κ3) is 8.73. The first-order valence-corrected chi connectivity index (χ1v) is 21.6. The summed E-state index contributed by atoms with van der Waals surface area (Å²) >= 11 is 3.39. The number of thioether (sulfide) groups is 2. The number of aromatic nitrogens is 5. The number of fused-ring (bicyclic) bond motifs is 2. The normalized spacial score (nSPS) is 19.3. The van der Waals surface area contributed by atoms with E-state index in [-0.39, 0.29) is 63.1 Å². The zero-order chi connectivity index (χ0) is 42.2. The number of phenolic OH excluding ortho intramolecular Hbond substituents is 2. The third-order valence-electron chi connectivity index (χ3n) is 8.67. The molecule has 7 rings (SSSR count). The molecule has 0 saturated carbocycles. The van der Waals surface area contributed by atoms with E-state index in [0.29, 0.717) is 16.3 Å². The van der Waals surface area contributed by atoms with Crippen molar-refractivity contribution in [2.45, 2.75) is 42.5 Å². The summed E-state index contributed by atoms with van der Waals surface area (Å²) in [6.07, 6.45) is 3.14. The second-order valence-electron chi connectivity index (χ2n) is 12.8. The van der Waals surface area contributed by atoms with Crippen molar-refractivity contribution < 1.29 is 57.6 Å². The number of rotatable bonds is 14. The minimum absolute atomic E-state index is 0.0107. The molecule has 0 radical (unpaired) electrons. The number of carboxylic acids is 1. The number of thiazole rings is 1. The monoisotopic (exact) mass is 885 g/mol. The van der Waals surface area contributed by atoms with Gasteiger partial charge in [0.1, 0.15) is 27.8 Å². The van der Waals surface area contributed by atoms with E-state index in [0.717, 1.165) is 28.4 Å². The van der Waals surface area contributed by atoms with Crippen molar-refractivity contribution in [1.29, 1.82) is 0 Å². The fourth-order valence-electron chi connectivity index (χ4n) is 5.84. The number of nitrogens with zero attached hydrogens (tertiary/aromatic N) is 7. The number of oxime groups is 1. The highest BCUT2D eigenvalue weighted by atomic mass is 32.2. The summed E-state index contributed by atoms with van der Waals surface area (Å²) in [6, 6.07) is 3.98. The number of aromatic hydroxyl groups is 2. The minimum atomic E-state index is -4.02. The molecule has 3 atom stereocenters. The van der Waals surface area contributed by atoms with Gasteiger partial charge in [-0.25, -0.2) is 28.0 Å². The van der Waals surface area contributed by atoms with Gasteiger partial charge in [0, 0.05) is 22.6 Å². The molecule has 1 aliphatic carbocycles. The van der Waals surface area contributed by atoms with Crippen LogP contribution in [-0.4, -0.2) is 123 Å². The van der Waals surface area contributed by atoms with Gasteiger partial charge in [-0.05, 0) is 49.3 Å². The molecule has 3 aliphatic rings. The lowest BCUT2D eigenvalue weighted by molar-refractivity contribution is -0.150. The van der Waals surface area contributed by atoms with Gasteiger partial charge in [-0.2, -0.15) is 9.50 Å². The summed E-state index contributed by atoms with van der Waals surface area (Å²) in [7, 11) is -4.02. The van der Waals surface area contributed by atoms with Crippen LogP contribution in [0.3, 0.4) is 0 Å². The van der Waals surface area contributed by atoms with E-state index in [9.17, 15) is 48.0 Å². The van der Waals surface area contributed by atoms with E-state index in [1.54, 1.807) is 13.0 Å². The molecule has 1 fully saturated rings. The Kier molecular flexibility index (Phi) is 11.6. The molecule has 1 saturated heterocycles. The average Bonchev–Trinajstić information content (AvgIpc) is 3.82. The van der Waals surface area contributed by atoms with Crippen LogP contribution in [-0.2, 0) is 40.4 Å². The van der Waals surface area contributed by atoms with Gasteiger partial charge in [-0.3, -0.25) is 14.5 Å². The number of hydrogen-bond donors (Lipinski definition) is 6. The number of benzene rings is 1. The Labute approximate surface area is 345 Å². The van der Waals surface area contributed by atoms with Crippen LogP contribution in [0, 0.1) is 6.92 Å². The number of aliphatic carboxylic acids is 1. The van der Waals surface area contributed by atoms with E-state index in [1.807, 2.05) is 0 Å². The number of sulfone groups is 1. The van der Waals surface area contributed by atoms with Crippen LogP contribution in [0.15, 0.2) is 74.2 Å². The van der Waals surface area contributed by atoms with Crippen molar-refractivity contribution in [3.8, 4) is 11.5 Å². The van der Waals surface area contributed by atoms with Gasteiger partial charge in [-0.1, -0.05) is 17.3 Å². The molecule has 2 amide bonds. The second-order valence-corrected chi connectivity index (χ2v) is 17.7. The molecule has 5 heterocycles. The molecule has 7 N–H and O–H groups in total. The van der Waals surface area contributed by atoms with Gasteiger partial charge < -0.3 is 41.1 Å². The number of carboxylic acid groups (broad SMARTS) is 1. The van der Waals surface area contributed by atoms with Crippen molar-refractivity contribution in [3.63, 3.8) is 0 Å². The van der Waals surface area contributed by atoms with Gasteiger partial charge >= 0.3 is 11.9 Å². The zero-order valence-corrected chi connectivity index (χ0v) is 33.5. The van der Waals surface area contributed by atoms with Crippen LogP contribution in [0.5, 0.6) is 11.5 Å². The van der Waals surface area contributed by atoms with Crippen molar-refractivity contribution in [3.05, 3.63) is 86.8 Å². The number of aliphatic hydroxyl groups is 1. The SMILES string of the molecule is Cc1cc(SCC2=C(C(=O)O)N3C(=O)[C@@H](NC(=O)/C(=N\OCS(=O)(=O)C4=CCC(O)C=C4)c4csc(N)n4)[C@H]3SC2)n2nc(COC(=O)c3ccc(O)c(O)c3)nc2n1. The maximum absolute atomic E-state index is 13.5. The number of nitrogens with two attached hydrogens (primary N) is 1. The van der Waals surface area contributed by atoms with Crippen LogP contribution in [0.2, 0.25) is 0 Å². The van der Waals surface area contributed by atoms with Gasteiger partial charge in [-0.15, -0.1) is 40.0 Å². The number of carbonyl (C=O) groups is 4. The quantitative estimate of drug-likeness (QED) is 0.0196. The van der Waals surface area contributed by atoms with E-state index in [1.165, 1.54) is 57.7 Å². The Balaban J connectivity index is 1.03. The summed E-state index contributed by atoms with van der Waals surface area (Å²) in [5, 5.41) is 50.9. The van der Waals surface area contributed by atoms with E-state index in [4.69, 9.17) is 15.3 Å². The van der Waals surface area contributed by atoms with Gasteiger partial charge in [0.15, 0.2) is 34.8 Å². The highest BCUT2D eigenvalue weighted by molar-refractivity contribution is 8.01. The number of aliphatic hydroxyl groups excluding tert-OH is 1. The lowest BCUT2D eigenvalue weighted by atomic mass is 10.0. The topological polar surface area (TPSA) is 311 Å². The smallest absolute Gasteiger partial charge is 0.352 e. The molecule has 308 valence electrons. The maximum atomic E-state index is 13.5. The Morgan fingerprint density at radius 3 is 2.64 bits per heavy atom. The number of aryl methyl sites for hydroxylation is 1. The van der Waals surface area contributed by atoms with E-state index < -0.39 is 74.3 Å². The van der Waals surface area contributed by atoms with Crippen molar-refractivity contribution in [2.75, 3.05) is 23.2 Å². The van der Waals surface area contributed by atoms with Gasteiger partial charge in [0.2, 0.25) is 15.8 Å². The van der Waals surface area contributed by atoms with Gasteiger partial charge in [0.05, 0.1) is 16.6 Å². The summed E-state index contributed by atoms with van der Waals surface area (Å²) in [6.45, 7) is 1.37. The number of hydrogen-bond acceptors (Lipinski definition) is 20. The van der Waals surface area contributed by atoms with Crippen molar-refractivity contribution in [1.82, 2.24) is 34.8 Å². The first kappa shape index (κ1) is 41.2. The zero-order valence-electron chi connectivity index (χ0n) is 30.3. The maximum Gasteiger partial charge on any atom is 0.352 e. The molecule has 2 aliphatic heterocycles. The second kappa shape index (κ2) is 16.7. The highest BCUT2D eigenvalue weighted by Gasteiger charge is 2.54. The van der Waals surface area contributed by atoms with Crippen LogP contribution >= 0.6 is 34.9 Å². The molecular formula is C34H31N9O12S4. The lowest BCUT2D eigenvalue weighted by Gasteiger charge is -2.49. The van der Waals surface area contributed by atoms with Crippen molar-refractivity contribution >= 4 is 85.1 Å². The van der Waals surface area contributed by atoms with Crippen LogP contribution in [0.4, 0.5) is 5.13 Å². The molecular weight excluding hydrogens is 855 g/mol. The molecule has 1 aromatic carbocycles. The van der Waals surface area contributed by atoms with Crippen molar-refractivity contribution in [2.24, 2.45) is 5.16 Å². The Morgan fingerprint density at radius 2 is 1.95 bits per heavy atom. The number of allylic oxidation sites excluding steroid dienone is 1. The number of anilines is 1. The lowest BCUT2D eigenvalue weighted by Crippen LogP contribution is -2.71. The number of nitrogen functional groups attached to an aromatic ring is 1. The highest BCUT2D eigenvalue weighted by Crippen LogP contribution is 2.42. The number of β-lactam (4-membered cyclic amide) rings is 1. The largest absolute Gasteiger partial charge is 0.504 e. The third-order valence-corrected chi connectivity index (χ3v) is 13.2. The Hall–Kier alpha value is -6.02. The fraction of sp³-hybridized carbons (Fsp3) is 0.265. The summed E-state index contributed by atoms with van der Waals surface area (Å²) in [5.41, 5.74) is 5.94. The molecule has 0 spiro atoms. The fourth-order valence-corrected chi connectivity index (χ4v) is 9.88. The number of amides is 2. The van der Waals surface area contributed by atoms with Crippen LogP contribution < -0.4 is 11.1 Å². The minimum Gasteiger partial charge on any atom is -0.504 e. The average molecular weight is 886 g/mol. The first-order valence-electron chi connectivity index (χ1n) is 17.1. The Bertz CT molecular complexity index is 2640. The summed E-state index contributed by atoms with van der Waals surface area (Å²) in [5.74, 6) is -5.13. The van der Waals surface area contributed by atoms with Crippen LogP contribution in [0.1, 0.15) is 34.0 Å². The number of ether oxygens (including phenoxy) is 1. The number of esters is 1. The molecule has 25 heteroatoms. The standard InChI is InChI=1S/C34H31N9O12S4/c1-15-8-24(43-34(36-15)38-23(40-43)10-54-32(51)16-2-7-21(45)22(46)9-16)56-11-17-12-57-30-26(29(48)42(30)27(17)31(49)50)39-28(47)25(20-13-58-33(35)37-20)41-55-14-59(52,53)19-5-3-18(44)4-6-19/h2-3,5-9,13,18,26,30,44-46H,4,10-12,14H2,1H3,(H2,35,37)(H,39,47)(H,49,50)/b41-25-/t18?,26-,30-/m1/s1. The number of carbonyl (C=O) groups excluding carboxylic acids is 3. The molecule has 1 unspecified atom stereocenters. The van der Waals surface area contributed by atoms with E-state index in [2.05, 4.69) is 30.5 Å². The molecule has 3 aromatic heterocycles. The Morgan fingerprint density at radius 1 is 1.15 bits per heavy atom. The summed E-state index contributed by atoms with van der Waals surface area (Å²) < 4.78 is 32.2. The predicted molar refractivity (Wildman–Crippen MR) is 211 cm³/mol. The molecule has 59 heavy (non-hydrogen) atoms. The molecule has 4 aromatic rings. The van der Waals surface area contributed by atoms with E-state index >= 15 is 0 Å². The van der Waals surface area contributed by atoms with Crippen LogP contribution in [0.25, 0.3) is 5.78 Å². The molecule has 0 bridgehead atoms. The predicted octanol–water partition coefficient (Wildman–Crippen LogP) is 1.07. The summed E-state index contributed by atoms with van der Waals surface area (Å²) in [4.78, 5) is 71.0. The number of nitrogens with one attached hydrogen (secondary N) is 1. The van der Waals surface area contributed by atoms with Gasteiger partial charge in [0.25, 0.3) is 17.6 Å². The number of phenols is 2. The molecule has 21 nitrogen and oxygen atoms in total. The first-order chi connectivity index (χ1) is 28.1.